The Kier molecular flexibility index (Phi) is 5.69. The molecule has 2 N–H and O–H groups in total. The summed E-state index contributed by atoms with van der Waals surface area (Å²) < 4.78 is 44.3. The van der Waals surface area contributed by atoms with Gasteiger partial charge < -0.3 is 15.4 Å². The van der Waals surface area contributed by atoms with Crippen LogP contribution in [0.2, 0.25) is 0 Å². The number of nitrogens with two attached hydrogens (primary N) is 1. The lowest BCUT2D eigenvalue weighted by molar-refractivity contribution is -0.139. The molecule has 0 aromatic heterocycles. The number of benzene rings is 1. The van der Waals surface area contributed by atoms with Gasteiger partial charge in [0.1, 0.15) is 5.75 Å². The van der Waals surface area contributed by atoms with E-state index < -0.39 is 11.7 Å². The lowest BCUT2D eigenvalue weighted by Gasteiger charge is -2.23. The van der Waals surface area contributed by atoms with E-state index in [0.717, 1.165) is 32.1 Å². The molecular weight excluding hydrogens is 293 g/mol. The third-order valence-corrected chi connectivity index (χ3v) is 4.37. The van der Waals surface area contributed by atoms with Crippen molar-refractivity contribution in [2.75, 3.05) is 32.8 Å². The third-order valence-electron chi connectivity index (χ3n) is 4.37. The zero-order valence-electron chi connectivity index (χ0n) is 12.8. The summed E-state index contributed by atoms with van der Waals surface area (Å²) in [5.74, 6) is 0.361. The zero-order chi connectivity index (χ0) is 16.2. The standard InChI is InChI=1S/C16H23F3N2O/c1-2-21-8-7-12(10-21)13(9-20)11-22-15-6-4-3-5-14(15)16(17,18)19/h3-6,12-13H,2,7-11,20H2,1H3. The highest BCUT2D eigenvalue weighted by Gasteiger charge is 2.34. The van der Waals surface area contributed by atoms with E-state index in [1.54, 1.807) is 6.07 Å². The summed E-state index contributed by atoms with van der Waals surface area (Å²) in [5, 5.41) is 0. The summed E-state index contributed by atoms with van der Waals surface area (Å²) in [7, 11) is 0. The highest BCUT2D eigenvalue weighted by Crippen LogP contribution is 2.36. The lowest BCUT2D eigenvalue weighted by Crippen LogP contribution is -2.31. The fourth-order valence-electron chi connectivity index (χ4n) is 2.95. The Morgan fingerprint density at radius 3 is 2.68 bits per heavy atom. The van der Waals surface area contributed by atoms with E-state index in [2.05, 4.69) is 11.8 Å². The minimum Gasteiger partial charge on any atom is -0.493 e. The number of nitrogens with zero attached hydrogens (tertiary/aromatic N) is 1. The second kappa shape index (κ2) is 7.33. The van der Waals surface area contributed by atoms with Crippen LogP contribution in [0.5, 0.6) is 5.75 Å². The van der Waals surface area contributed by atoms with Gasteiger partial charge in [-0.15, -0.1) is 0 Å². The van der Waals surface area contributed by atoms with Crippen LogP contribution < -0.4 is 10.5 Å². The fourth-order valence-corrected chi connectivity index (χ4v) is 2.95. The Hall–Kier alpha value is -1.27. The molecule has 1 aliphatic rings. The molecule has 1 heterocycles. The maximum absolute atomic E-state index is 12.9. The van der Waals surface area contributed by atoms with Crippen LogP contribution in [0.1, 0.15) is 18.9 Å². The number of likely N-dealkylation sites (tertiary alicyclic amines) is 1. The second-order valence-electron chi connectivity index (χ2n) is 5.74. The van der Waals surface area contributed by atoms with Crippen LogP contribution in [-0.4, -0.2) is 37.7 Å². The van der Waals surface area contributed by atoms with E-state index in [1.165, 1.54) is 12.1 Å². The molecule has 0 aliphatic carbocycles. The molecule has 2 rings (SSSR count). The SMILES string of the molecule is CCN1CCC(C(CN)COc2ccccc2C(F)(F)F)C1. The van der Waals surface area contributed by atoms with E-state index in [1.807, 2.05) is 0 Å². The van der Waals surface area contributed by atoms with Crippen molar-refractivity contribution in [3.05, 3.63) is 29.8 Å². The van der Waals surface area contributed by atoms with E-state index in [-0.39, 0.29) is 18.3 Å². The highest BCUT2D eigenvalue weighted by molar-refractivity contribution is 5.35. The van der Waals surface area contributed by atoms with Crippen molar-refractivity contribution >= 4 is 0 Å². The Morgan fingerprint density at radius 1 is 1.36 bits per heavy atom. The van der Waals surface area contributed by atoms with Crippen LogP contribution in [0.3, 0.4) is 0 Å². The molecule has 1 saturated heterocycles. The minimum atomic E-state index is -4.40. The van der Waals surface area contributed by atoms with Gasteiger partial charge in [-0.05, 0) is 44.1 Å². The van der Waals surface area contributed by atoms with E-state index in [9.17, 15) is 13.2 Å². The summed E-state index contributed by atoms with van der Waals surface area (Å²) >= 11 is 0. The number of hydrogen-bond donors (Lipinski definition) is 1. The predicted molar refractivity (Wildman–Crippen MR) is 79.7 cm³/mol. The Bertz CT molecular complexity index is 479. The predicted octanol–water partition coefficient (Wildman–Crippen LogP) is 3.00. The molecule has 2 unspecified atom stereocenters. The molecule has 22 heavy (non-hydrogen) atoms. The molecule has 0 radical (unpaired) electrons. The minimum absolute atomic E-state index is 0.0813. The van der Waals surface area contributed by atoms with Crippen molar-refractivity contribution in [1.29, 1.82) is 0 Å². The van der Waals surface area contributed by atoms with Gasteiger partial charge in [0.25, 0.3) is 0 Å². The molecule has 0 amide bonds. The van der Waals surface area contributed by atoms with Crippen molar-refractivity contribution in [1.82, 2.24) is 4.90 Å². The first-order chi connectivity index (χ1) is 10.5. The first-order valence-corrected chi connectivity index (χ1v) is 7.67. The normalized spacial score (nSPS) is 21.0. The average molecular weight is 316 g/mol. The summed E-state index contributed by atoms with van der Waals surface area (Å²) in [5.41, 5.74) is 5.08. The summed E-state index contributed by atoms with van der Waals surface area (Å²) in [6.07, 6.45) is -3.37. The fraction of sp³-hybridized carbons (Fsp3) is 0.625. The van der Waals surface area contributed by atoms with Gasteiger partial charge in [-0.3, -0.25) is 0 Å². The van der Waals surface area contributed by atoms with Crippen molar-refractivity contribution in [3.8, 4) is 5.75 Å². The van der Waals surface area contributed by atoms with Gasteiger partial charge in [0.05, 0.1) is 12.2 Å². The van der Waals surface area contributed by atoms with Crippen LogP contribution in [-0.2, 0) is 6.18 Å². The van der Waals surface area contributed by atoms with Crippen molar-refractivity contribution in [2.24, 2.45) is 17.6 Å². The smallest absolute Gasteiger partial charge is 0.419 e. The largest absolute Gasteiger partial charge is 0.493 e. The average Bonchev–Trinajstić information content (AvgIpc) is 2.96. The number of rotatable bonds is 6. The second-order valence-corrected chi connectivity index (χ2v) is 5.74. The Labute approximate surface area is 129 Å². The molecular formula is C16H23F3N2O. The van der Waals surface area contributed by atoms with Gasteiger partial charge >= 0.3 is 6.18 Å². The Balaban J connectivity index is 2.00. The van der Waals surface area contributed by atoms with Gasteiger partial charge in [-0.2, -0.15) is 13.2 Å². The summed E-state index contributed by atoms with van der Waals surface area (Å²) in [6.45, 7) is 5.73. The van der Waals surface area contributed by atoms with Gasteiger partial charge in [0.15, 0.2) is 0 Å². The molecule has 0 bridgehead atoms. The number of alkyl halides is 3. The number of ether oxygens (including phenoxy) is 1. The van der Waals surface area contributed by atoms with Gasteiger partial charge in [0.2, 0.25) is 0 Å². The van der Waals surface area contributed by atoms with E-state index in [0.29, 0.717) is 12.5 Å². The molecule has 1 aromatic rings. The van der Waals surface area contributed by atoms with Crippen molar-refractivity contribution in [3.63, 3.8) is 0 Å². The summed E-state index contributed by atoms with van der Waals surface area (Å²) in [6, 6.07) is 5.33. The Morgan fingerprint density at radius 2 is 2.09 bits per heavy atom. The molecule has 0 spiro atoms. The zero-order valence-corrected chi connectivity index (χ0v) is 12.8. The summed E-state index contributed by atoms with van der Waals surface area (Å²) in [4.78, 5) is 2.33. The first-order valence-electron chi connectivity index (χ1n) is 7.67. The van der Waals surface area contributed by atoms with Crippen molar-refractivity contribution < 1.29 is 17.9 Å². The molecule has 1 fully saturated rings. The van der Waals surface area contributed by atoms with Crippen LogP contribution in [0.25, 0.3) is 0 Å². The number of hydrogen-bond acceptors (Lipinski definition) is 3. The molecule has 1 aromatic carbocycles. The lowest BCUT2D eigenvalue weighted by atomic mass is 9.92. The van der Waals surface area contributed by atoms with Crippen LogP contribution in [0, 0.1) is 11.8 Å². The monoisotopic (exact) mass is 316 g/mol. The number of halogens is 3. The van der Waals surface area contributed by atoms with Crippen LogP contribution >= 0.6 is 0 Å². The van der Waals surface area contributed by atoms with Crippen LogP contribution in [0.15, 0.2) is 24.3 Å². The van der Waals surface area contributed by atoms with Crippen molar-refractivity contribution in [2.45, 2.75) is 19.5 Å². The maximum atomic E-state index is 12.9. The molecule has 0 saturated carbocycles. The topological polar surface area (TPSA) is 38.5 Å². The molecule has 3 nitrogen and oxygen atoms in total. The van der Waals surface area contributed by atoms with Gasteiger partial charge in [-0.1, -0.05) is 19.1 Å². The van der Waals surface area contributed by atoms with Gasteiger partial charge in [-0.25, -0.2) is 0 Å². The van der Waals surface area contributed by atoms with E-state index >= 15 is 0 Å². The van der Waals surface area contributed by atoms with E-state index in [4.69, 9.17) is 10.5 Å². The quantitative estimate of drug-likeness (QED) is 0.877. The molecule has 1 aliphatic heterocycles. The maximum Gasteiger partial charge on any atom is 0.419 e. The molecule has 124 valence electrons. The highest BCUT2D eigenvalue weighted by atomic mass is 19.4. The number of para-hydroxylation sites is 1. The molecule has 2 atom stereocenters. The first kappa shape index (κ1) is 17.1. The van der Waals surface area contributed by atoms with Gasteiger partial charge in [0, 0.05) is 12.5 Å². The third kappa shape index (κ3) is 4.14. The molecule has 6 heteroatoms. The van der Waals surface area contributed by atoms with Crippen LogP contribution in [0.4, 0.5) is 13.2 Å².